The SMILES string of the molecule is CC1(C)OCC/C1=N\[S+]([O-])C(C)(C)C. The molecule has 4 heteroatoms. The van der Waals surface area contributed by atoms with Gasteiger partial charge in [-0.2, -0.15) is 0 Å². The summed E-state index contributed by atoms with van der Waals surface area (Å²) < 4.78 is 21.3. The lowest BCUT2D eigenvalue weighted by atomic mass is 10.0. The molecule has 3 nitrogen and oxygen atoms in total. The molecule has 1 aliphatic rings. The minimum absolute atomic E-state index is 0.286. The highest BCUT2D eigenvalue weighted by atomic mass is 32.2. The fraction of sp³-hybridized carbons (Fsp3) is 0.900. The highest BCUT2D eigenvalue weighted by molar-refractivity contribution is 7.91. The minimum Gasteiger partial charge on any atom is -0.591 e. The van der Waals surface area contributed by atoms with Gasteiger partial charge < -0.3 is 9.29 Å². The van der Waals surface area contributed by atoms with E-state index in [0.717, 1.165) is 12.1 Å². The van der Waals surface area contributed by atoms with Crippen molar-refractivity contribution in [2.75, 3.05) is 6.61 Å². The minimum atomic E-state index is -1.17. The van der Waals surface area contributed by atoms with E-state index in [9.17, 15) is 4.55 Å². The average Bonchev–Trinajstić information content (AvgIpc) is 2.29. The van der Waals surface area contributed by atoms with Crippen LogP contribution < -0.4 is 0 Å². The fourth-order valence-electron chi connectivity index (χ4n) is 1.18. The molecule has 0 amide bonds. The van der Waals surface area contributed by atoms with Crippen molar-refractivity contribution in [2.45, 2.75) is 51.4 Å². The molecule has 0 aromatic carbocycles. The molecule has 1 saturated heterocycles. The van der Waals surface area contributed by atoms with Crippen molar-refractivity contribution in [3.8, 4) is 0 Å². The van der Waals surface area contributed by atoms with Crippen LogP contribution in [0, 0.1) is 0 Å². The van der Waals surface area contributed by atoms with Crippen LogP contribution in [0.1, 0.15) is 41.0 Å². The normalized spacial score (nSPS) is 26.9. The smallest absolute Gasteiger partial charge is 0.144 e. The lowest BCUT2D eigenvalue weighted by Crippen LogP contribution is -2.32. The number of hydrogen-bond donors (Lipinski definition) is 0. The van der Waals surface area contributed by atoms with E-state index in [-0.39, 0.29) is 10.3 Å². The first kappa shape index (κ1) is 12.0. The van der Waals surface area contributed by atoms with Crippen LogP contribution in [0.15, 0.2) is 4.40 Å². The van der Waals surface area contributed by atoms with E-state index >= 15 is 0 Å². The Morgan fingerprint density at radius 1 is 1.43 bits per heavy atom. The molecule has 82 valence electrons. The maximum atomic E-state index is 11.8. The van der Waals surface area contributed by atoms with Crippen molar-refractivity contribution in [3.63, 3.8) is 0 Å². The molecule has 0 bridgehead atoms. The third kappa shape index (κ3) is 2.72. The van der Waals surface area contributed by atoms with Gasteiger partial charge in [-0.25, -0.2) is 0 Å². The molecule has 0 N–H and O–H groups in total. The van der Waals surface area contributed by atoms with Crippen LogP contribution >= 0.6 is 0 Å². The fourth-order valence-corrected chi connectivity index (χ4v) is 1.96. The molecule has 1 aliphatic heterocycles. The second kappa shape index (κ2) is 3.83. The molecule has 0 spiro atoms. The summed E-state index contributed by atoms with van der Waals surface area (Å²) in [5, 5.41) is 0. The van der Waals surface area contributed by atoms with Crippen molar-refractivity contribution >= 4 is 17.1 Å². The number of rotatable bonds is 1. The van der Waals surface area contributed by atoms with Gasteiger partial charge in [0.15, 0.2) is 0 Å². The van der Waals surface area contributed by atoms with Crippen molar-refractivity contribution in [2.24, 2.45) is 4.40 Å². The van der Waals surface area contributed by atoms with E-state index < -0.39 is 11.4 Å². The Morgan fingerprint density at radius 3 is 2.36 bits per heavy atom. The van der Waals surface area contributed by atoms with Gasteiger partial charge in [-0.15, -0.1) is 0 Å². The Bertz CT molecular complexity index is 243. The summed E-state index contributed by atoms with van der Waals surface area (Å²) in [5.41, 5.74) is 0.590. The summed E-state index contributed by atoms with van der Waals surface area (Å²) in [7, 11) is 0. The molecule has 0 aromatic heterocycles. The molecular weight excluding hydrogens is 198 g/mol. The highest BCUT2D eigenvalue weighted by Gasteiger charge is 2.36. The second-order valence-electron chi connectivity index (χ2n) is 5.01. The third-order valence-corrected chi connectivity index (χ3v) is 3.65. The first-order valence-electron chi connectivity index (χ1n) is 4.87. The van der Waals surface area contributed by atoms with Gasteiger partial charge in [0.2, 0.25) is 0 Å². The van der Waals surface area contributed by atoms with Crippen molar-refractivity contribution in [3.05, 3.63) is 0 Å². The van der Waals surface area contributed by atoms with Crippen LogP contribution in [-0.4, -0.2) is 27.2 Å². The number of nitrogens with zero attached hydrogens (tertiary/aromatic N) is 1. The first-order chi connectivity index (χ1) is 6.23. The maximum absolute atomic E-state index is 11.8. The standard InChI is InChI=1S/C10H19NO2S/c1-9(2,3)14(12)11-8-6-7-13-10(8,4)5/h6-7H2,1-5H3/b11-8+. The van der Waals surface area contributed by atoms with E-state index in [2.05, 4.69) is 4.40 Å². The molecule has 1 unspecified atom stereocenters. The monoisotopic (exact) mass is 217 g/mol. The maximum Gasteiger partial charge on any atom is 0.144 e. The lowest BCUT2D eigenvalue weighted by Gasteiger charge is -2.22. The highest BCUT2D eigenvalue weighted by Crippen LogP contribution is 2.25. The van der Waals surface area contributed by atoms with Crippen molar-refractivity contribution < 1.29 is 9.29 Å². The molecule has 1 atom stereocenters. The lowest BCUT2D eigenvalue weighted by molar-refractivity contribution is 0.0681. The van der Waals surface area contributed by atoms with Gasteiger partial charge >= 0.3 is 0 Å². The molecule has 0 saturated carbocycles. The Balaban J connectivity index is 2.78. The van der Waals surface area contributed by atoms with Gasteiger partial charge in [-0.1, -0.05) is 4.40 Å². The van der Waals surface area contributed by atoms with Crippen LogP contribution in [0.3, 0.4) is 0 Å². The van der Waals surface area contributed by atoms with Crippen molar-refractivity contribution in [1.29, 1.82) is 0 Å². The second-order valence-corrected chi connectivity index (χ2v) is 6.91. The zero-order valence-electron chi connectivity index (χ0n) is 9.59. The molecule has 0 radical (unpaired) electrons. The van der Waals surface area contributed by atoms with Crippen LogP contribution in [0.2, 0.25) is 0 Å². The zero-order chi connectivity index (χ0) is 11.0. The van der Waals surface area contributed by atoms with Crippen LogP contribution in [-0.2, 0) is 16.1 Å². The third-order valence-electron chi connectivity index (χ3n) is 2.21. The van der Waals surface area contributed by atoms with Crippen LogP contribution in [0.4, 0.5) is 0 Å². The number of ether oxygens (including phenoxy) is 1. The molecule has 0 aromatic rings. The summed E-state index contributed by atoms with van der Waals surface area (Å²) in [6, 6.07) is 0. The van der Waals surface area contributed by atoms with Crippen molar-refractivity contribution in [1.82, 2.24) is 0 Å². The van der Waals surface area contributed by atoms with E-state index in [1.54, 1.807) is 0 Å². The summed E-state index contributed by atoms with van der Waals surface area (Å²) in [4.78, 5) is 0. The Morgan fingerprint density at radius 2 is 2.00 bits per heavy atom. The van der Waals surface area contributed by atoms with Gasteiger partial charge in [-0.05, 0) is 34.6 Å². The van der Waals surface area contributed by atoms with E-state index in [4.69, 9.17) is 4.74 Å². The molecule has 0 aliphatic carbocycles. The Labute approximate surface area is 89.3 Å². The van der Waals surface area contributed by atoms with E-state index in [1.807, 2.05) is 34.6 Å². The van der Waals surface area contributed by atoms with Gasteiger partial charge in [0.1, 0.15) is 27.4 Å². The summed E-state index contributed by atoms with van der Waals surface area (Å²) in [6.45, 7) is 10.4. The van der Waals surface area contributed by atoms with Gasteiger partial charge in [-0.3, -0.25) is 0 Å². The van der Waals surface area contributed by atoms with Crippen LogP contribution in [0.5, 0.6) is 0 Å². The summed E-state index contributed by atoms with van der Waals surface area (Å²) in [6.07, 6.45) is 0.800. The van der Waals surface area contributed by atoms with E-state index in [0.29, 0.717) is 6.61 Å². The van der Waals surface area contributed by atoms with Crippen LogP contribution in [0.25, 0.3) is 0 Å². The predicted octanol–water partition coefficient (Wildman–Crippen LogP) is 2.09. The topological polar surface area (TPSA) is 44.6 Å². The zero-order valence-corrected chi connectivity index (χ0v) is 10.4. The van der Waals surface area contributed by atoms with Gasteiger partial charge in [0, 0.05) is 6.42 Å². The molecule has 1 heterocycles. The molecular formula is C10H19NO2S. The quantitative estimate of drug-likeness (QED) is 0.631. The van der Waals surface area contributed by atoms with Gasteiger partial charge in [0.25, 0.3) is 0 Å². The molecule has 1 rings (SSSR count). The van der Waals surface area contributed by atoms with E-state index in [1.165, 1.54) is 0 Å². The Kier molecular flexibility index (Phi) is 3.29. The Hall–Kier alpha value is -0.0600. The van der Waals surface area contributed by atoms with Gasteiger partial charge in [0.05, 0.1) is 6.61 Å². The average molecular weight is 217 g/mol. The summed E-state index contributed by atoms with van der Waals surface area (Å²) in [5.74, 6) is 0. The molecule has 14 heavy (non-hydrogen) atoms. The largest absolute Gasteiger partial charge is 0.591 e. The first-order valence-corrected chi connectivity index (χ1v) is 5.98. The summed E-state index contributed by atoms with van der Waals surface area (Å²) >= 11 is -1.17. The number of hydrogen-bond acceptors (Lipinski definition) is 3. The predicted molar refractivity (Wildman–Crippen MR) is 60.0 cm³/mol. The molecule has 1 fully saturated rings.